The molecule has 2 fully saturated rings. The SMILES string of the molecule is CC1CCC(O)(Cn2cnc3c(N4CCOCC4)ncnc32)CC1. The lowest BCUT2D eigenvalue weighted by Crippen LogP contribution is -2.38. The van der Waals surface area contributed by atoms with Crippen molar-refractivity contribution >= 4 is 17.0 Å². The Morgan fingerprint density at radius 3 is 2.71 bits per heavy atom. The Bertz CT molecular complexity index is 702. The summed E-state index contributed by atoms with van der Waals surface area (Å²) >= 11 is 0. The Labute approximate surface area is 141 Å². The Morgan fingerprint density at radius 1 is 1.21 bits per heavy atom. The summed E-state index contributed by atoms with van der Waals surface area (Å²) in [6.45, 7) is 5.87. The summed E-state index contributed by atoms with van der Waals surface area (Å²) in [6, 6.07) is 0. The van der Waals surface area contributed by atoms with Gasteiger partial charge in [-0.15, -0.1) is 0 Å². The molecule has 7 nitrogen and oxygen atoms in total. The van der Waals surface area contributed by atoms with Gasteiger partial charge >= 0.3 is 0 Å². The molecule has 0 radical (unpaired) electrons. The van der Waals surface area contributed by atoms with Crippen molar-refractivity contribution in [2.24, 2.45) is 5.92 Å². The standard InChI is InChI=1S/C17H25N5O2/c1-13-2-4-17(23,5-3-13)10-22-12-20-14-15(18-11-19-16(14)22)21-6-8-24-9-7-21/h11-13,23H,2-10H2,1H3. The van der Waals surface area contributed by atoms with E-state index in [1.165, 1.54) is 0 Å². The zero-order valence-electron chi connectivity index (χ0n) is 14.2. The third-order valence-electron chi connectivity index (χ3n) is 5.36. The van der Waals surface area contributed by atoms with E-state index in [0.29, 0.717) is 25.7 Å². The lowest BCUT2D eigenvalue weighted by molar-refractivity contribution is -0.0210. The van der Waals surface area contributed by atoms with E-state index < -0.39 is 5.60 Å². The van der Waals surface area contributed by atoms with Crippen LogP contribution in [-0.4, -0.2) is 56.5 Å². The second-order valence-corrected chi connectivity index (χ2v) is 7.25. The van der Waals surface area contributed by atoms with E-state index in [-0.39, 0.29) is 0 Å². The highest BCUT2D eigenvalue weighted by molar-refractivity contribution is 5.83. The predicted molar refractivity (Wildman–Crippen MR) is 90.9 cm³/mol. The molecule has 3 heterocycles. The average molecular weight is 331 g/mol. The van der Waals surface area contributed by atoms with E-state index in [0.717, 1.165) is 55.8 Å². The molecule has 0 spiro atoms. The fourth-order valence-electron chi connectivity index (χ4n) is 3.77. The van der Waals surface area contributed by atoms with Crippen LogP contribution in [0.5, 0.6) is 0 Å². The quantitative estimate of drug-likeness (QED) is 0.921. The van der Waals surface area contributed by atoms with Gasteiger partial charge in [0.15, 0.2) is 17.0 Å². The van der Waals surface area contributed by atoms with Crippen LogP contribution in [-0.2, 0) is 11.3 Å². The summed E-state index contributed by atoms with van der Waals surface area (Å²) in [5.41, 5.74) is 0.968. The minimum Gasteiger partial charge on any atom is -0.388 e. The van der Waals surface area contributed by atoms with E-state index in [2.05, 4.69) is 26.8 Å². The number of rotatable bonds is 3. The lowest BCUT2D eigenvalue weighted by Gasteiger charge is -2.35. The number of fused-ring (bicyclic) bond motifs is 1. The number of hydrogen-bond acceptors (Lipinski definition) is 6. The molecule has 1 N–H and O–H groups in total. The van der Waals surface area contributed by atoms with Crippen molar-refractivity contribution in [1.29, 1.82) is 0 Å². The molecular weight excluding hydrogens is 306 g/mol. The molecule has 0 amide bonds. The molecule has 4 rings (SSSR count). The van der Waals surface area contributed by atoms with E-state index in [4.69, 9.17) is 4.74 Å². The van der Waals surface area contributed by atoms with Gasteiger partial charge in [0.1, 0.15) is 6.33 Å². The fraction of sp³-hybridized carbons (Fsp3) is 0.706. The number of ether oxygens (including phenoxy) is 1. The highest BCUT2D eigenvalue weighted by Gasteiger charge is 2.33. The van der Waals surface area contributed by atoms with E-state index in [1.54, 1.807) is 12.7 Å². The highest BCUT2D eigenvalue weighted by atomic mass is 16.5. The maximum atomic E-state index is 10.9. The normalized spacial score (nSPS) is 28.4. The molecule has 0 unspecified atom stereocenters. The Kier molecular flexibility index (Phi) is 4.14. The predicted octanol–water partition coefficient (Wildman–Crippen LogP) is 1.60. The fourth-order valence-corrected chi connectivity index (χ4v) is 3.77. The second kappa shape index (κ2) is 6.29. The molecule has 0 atom stereocenters. The Morgan fingerprint density at radius 2 is 1.96 bits per heavy atom. The Balaban J connectivity index is 1.61. The molecule has 7 heteroatoms. The van der Waals surface area contributed by atoms with Gasteiger partial charge in [0.05, 0.1) is 31.7 Å². The molecule has 2 aromatic heterocycles. The van der Waals surface area contributed by atoms with Crippen LogP contribution < -0.4 is 4.90 Å². The summed E-state index contributed by atoms with van der Waals surface area (Å²) in [4.78, 5) is 15.6. The lowest BCUT2D eigenvalue weighted by atomic mass is 9.79. The average Bonchev–Trinajstić information content (AvgIpc) is 3.01. The molecule has 1 saturated heterocycles. The van der Waals surface area contributed by atoms with Gasteiger partial charge in [0, 0.05) is 13.1 Å². The summed E-state index contributed by atoms with van der Waals surface area (Å²) in [7, 11) is 0. The maximum absolute atomic E-state index is 10.9. The van der Waals surface area contributed by atoms with Crippen LogP contribution in [0.1, 0.15) is 32.6 Å². The van der Waals surface area contributed by atoms with Crippen molar-refractivity contribution < 1.29 is 9.84 Å². The second-order valence-electron chi connectivity index (χ2n) is 7.25. The molecule has 24 heavy (non-hydrogen) atoms. The first-order valence-corrected chi connectivity index (χ1v) is 8.85. The van der Waals surface area contributed by atoms with Crippen molar-refractivity contribution in [2.45, 2.75) is 44.8 Å². The molecule has 2 aromatic rings. The number of imidazole rings is 1. The molecule has 1 saturated carbocycles. The van der Waals surface area contributed by atoms with Crippen LogP contribution in [0.25, 0.3) is 11.2 Å². The Hall–Kier alpha value is -1.73. The molecule has 2 aliphatic rings. The van der Waals surface area contributed by atoms with Gasteiger partial charge in [-0.1, -0.05) is 6.92 Å². The van der Waals surface area contributed by atoms with Gasteiger partial charge in [-0.05, 0) is 31.6 Å². The first-order chi connectivity index (χ1) is 11.6. The summed E-state index contributed by atoms with van der Waals surface area (Å²) in [5, 5.41) is 10.9. The van der Waals surface area contributed by atoms with Crippen molar-refractivity contribution in [3.8, 4) is 0 Å². The van der Waals surface area contributed by atoms with E-state index in [9.17, 15) is 5.11 Å². The van der Waals surface area contributed by atoms with Gasteiger partial charge in [-0.25, -0.2) is 15.0 Å². The highest BCUT2D eigenvalue weighted by Crippen LogP contribution is 2.34. The van der Waals surface area contributed by atoms with Crippen LogP contribution in [0.15, 0.2) is 12.7 Å². The van der Waals surface area contributed by atoms with Crippen molar-refractivity contribution in [3.63, 3.8) is 0 Å². The molecule has 1 aliphatic carbocycles. The minimum absolute atomic E-state index is 0.551. The van der Waals surface area contributed by atoms with Crippen molar-refractivity contribution in [3.05, 3.63) is 12.7 Å². The number of anilines is 1. The van der Waals surface area contributed by atoms with Crippen LogP contribution in [0.4, 0.5) is 5.82 Å². The van der Waals surface area contributed by atoms with Gasteiger partial charge in [0.25, 0.3) is 0 Å². The summed E-state index contributed by atoms with van der Waals surface area (Å²) in [5.74, 6) is 1.58. The molecule has 0 bridgehead atoms. The zero-order valence-corrected chi connectivity index (χ0v) is 14.2. The molecule has 0 aromatic carbocycles. The monoisotopic (exact) mass is 331 g/mol. The topological polar surface area (TPSA) is 76.3 Å². The van der Waals surface area contributed by atoms with Gasteiger partial charge in [-0.2, -0.15) is 0 Å². The molecular formula is C17H25N5O2. The van der Waals surface area contributed by atoms with Crippen LogP contribution in [0.3, 0.4) is 0 Å². The smallest absolute Gasteiger partial charge is 0.165 e. The van der Waals surface area contributed by atoms with E-state index >= 15 is 0 Å². The van der Waals surface area contributed by atoms with Gasteiger partial charge in [0.2, 0.25) is 0 Å². The van der Waals surface area contributed by atoms with Crippen LogP contribution in [0.2, 0.25) is 0 Å². The maximum Gasteiger partial charge on any atom is 0.165 e. The number of aliphatic hydroxyl groups is 1. The largest absolute Gasteiger partial charge is 0.388 e. The van der Waals surface area contributed by atoms with Crippen LogP contribution in [0, 0.1) is 5.92 Å². The first-order valence-electron chi connectivity index (χ1n) is 8.85. The summed E-state index contributed by atoms with van der Waals surface area (Å²) in [6.07, 6.45) is 7.23. The van der Waals surface area contributed by atoms with Crippen LogP contribution >= 0.6 is 0 Å². The molecule has 1 aliphatic heterocycles. The minimum atomic E-state index is -0.649. The summed E-state index contributed by atoms with van der Waals surface area (Å²) < 4.78 is 7.40. The first kappa shape index (κ1) is 15.8. The number of morpholine rings is 1. The van der Waals surface area contributed by atoms with Gasteiger partial charge in [-0.3, -0.25) is 0 Å². The van der Waals surface area contributed by atoms with Gasteiger partial charge < -0.3 is 19.3 Å². The van der Waals surface area contributed by atoms with Crippen molar-refractivity contribution in [2.75, 3.05) is 31.2 Å². The third-order valence-corrected chi connectivity index (χ3v) is 5.36. The number of hydrogen-bond donors (Lipinski definition) is 1. The zero-order chi connectivity index (χ0) is 16.6. The molecule has 130 valence electrons. The number of aromatic nitrogens is 4. The third kappa shape index (κ3) is 2.98. The number of nitrogens with zero attached hydrogens (tertiary/aromatic N) is 5. The van der Waals surface area contributed by atoms with Crippen molar-refractivity contribution in [1.82, 2.24) is 19.5 Å². The van der Waals surface area contributed by atoms with E-state index in [1.807, 2.05) is 4.57 Å².